The number of aromatic amines is 1. The second-order valence-corrected chi connectivity index (χ2v) is 8.35. The zero-order valence-electron chi connectivity index (χ0n) is 17.7. The SMILES string of the molecule is Nc1cc(OCF)ccc1C(=O)N1CCC(c2ccnc3nc(C4CCOC4)[nH]c23)CC1. The van der Waals surface area contributed by atoms with Crippen LogP contribution in [-0.2, 0) is 4.74 Å². The average molecular weight is 439 g/mol. The molecule has 0 bridgehead atoms. The fourth-order valence-electron chi connectivity index (χ4n) is 4.68. The van der Waals surface area contributed by atoms with E-state index in [0.717, 1.165) is 42.9 Å². The smallest absolute Gasteiger partial charge is 0.255 e. The second-order valence-electron chi connectivity index (χ2n) is 8.35. The number of fused-ring (bicyclic) bond motifs is 1. The van der Waals surface area contributed by atoms with Crippen LogP contribution in [-0.4, -0.2) is 58.9 Å². The third-order valence-electron chi connectivity index (χ3n) is 6.46. The largest absolute Gasteiger partial charge is 0.463 e. The molecule has 1 amide bonds. The number of rotatable bonds is 5. The van der Waals surface area contributed by atoms with E-state index in [0.29, 0.717) is 48.5 Å². The number of aromatic nitrogens is 3. The molecule has 1 aromatic carbocycles. The first-order valence-electron chi connectivity index (χ1n) is 10.9. The Balaban J connectivity index is 1.29. The Morgan fingerprint density at radius 3 is 2.81 bits per heavy atom. The van der Waals surface area contributed by atoms with Crippen LogP contribution >= 0.6 is 0 Å². The van der Waals surface area contributed by atoms with Gasteiger partial charge in [-0.2, -0.15) is 0 Å². The standard InChI is InChI=1S/C23H26FN5O3/c24-13-32-16-1-2-18(19(25)11-16)23(30)29-8-4-14(5-9-29)17-3-7-26-22-20(17)27-21(28-22)15-6-10-31-12-15/h1-3,7,11,14-15H,4-6,8-10,12-13,25H2,(H,26,27,28). The molecule has 0 saturated carbocycles. The summed E-state index contributed by atoms with van der Waals surface area (Å²) in [5.74, 6) is 1.75. The van der Waals surface area contributed by atoms with Gasteiger partial charge in [0.1, 0.15) is 11.6 Å². The van der Waals surface area contributed by atoms with Gasteiger partial charge < -0.3 is 25.1 Å². The molecule has 0 radical (unpaired) electrons. The van der Waals surface area contributed by atoms with Crippen molar-refractivity contribution in [1.29, 1.82) is 0 Å². The lowest BCUT2D eigenvalue weighted by Gasteiger charge is -2.32. The third kappa shape index (κ3) is 3.88. The number of nitrogens with one attached hydrogen (secondary N) is 1. The lowest BCUT2D eigenvalue weighted by Crippen LogP contribution is -2.38. The number of H-pyrrole nitrogens is 1. The molecule has 8 nitrogen and oxygen atoms in total. The Hall–Kier alpha value is -3.20. The average Bonchev–Trinajstić information content (AvgIpc) is 3.49. The fourth-order valence-corrected chi connectivity index (χ4v) is 4.68. The fraction of sp³-hybridized carbons (Fsp3) is 0.435. The minimum Gasteiger partial charge on any atom is -0.463 e. The Morgan fingerprint density at radius 1 is 1.25 bits per heavy atom. The molecule has 2 saturated heterocycles. The Labute approximate surface area is 184 Å². The van der Waals surface area contributed by atoms with Crippen molar-refractivity contribution < 1.29 is 18.7 Å². The highest BCUT2D eigenvalue weighted by atomic mass is 19.1. The van der Waals surface area contributed by atoms with Crippen molar-refractivity contribution in [1.82, 2.24) is 19.9 Å². The number of nitrogen functional groups attached to an aromatic ring is 1. The van der Waals surface area contributed by atoms with Crippen LogP contribution < -0.4 is 10.5 Å². The molecule has 168 valence electrons. The Kier molecular flexibility index (Phi) is 5.65. The van der Waals surface area contributed by atoms with Crippen LogP contribution in [0, 0.1) is 0 Å². The van der Waals surface area contributed by atoms with Crippen molar-refractivity contribution in [3.63, 3.8) is 0 Å². The first kappa shape index (κ1) is 20.7. The van der Waals surface area contributed by atoms with Gasteiger partial charge in [-0.25, -0.2) is 14.4 Å². The molecule has 3 aromatic rings. The van der Waals surface area contributed by atoms with Gasteiger partial charge in [-0.1, -0.05) is 0 Å². The first-order valence-corrected chi connectivity index (χ1v) is 10.9. The maximum Gasteiger partial charge on any atom is 0.255 e. The predicted octanol–water partition coefficient (Wildman–Crippen LogP) is 3.37. The number of halogens is 1. The van der Waals surface area contributed by atoms with Crippen LogP contribution in [0.2, 0.25) is 0 Å². The molecule has 0 spiro atoms. The highest BCUT2D eigenvalue weighted by molar-refractivity contribution is 5.99. The molecule has 3 N–H and O–H groups in total. The van der Waals surface area contributed by atoms with Crippen molar-refractivity contribution in [2.24, 2.45) is 0 Å². The maximum atomic E-state index is 13.0. The number of carbonyl (C=O) groups is 1. The van der Waals surface area contributed by atoms with Gasteiger partial charge in [0.05, 0.1) is 17.7 Å². The number of imidazole rings is 1. The molecule has 32 heavy (non-hydrogen) atoms. The molecular weight excluding hydrogens is 413 g/mol. The van der Waals surface area contributed by atoms with Crippen LogP contribution in [0.3, 0.4) is 0 Å². The van der Waals surface area contributed by atoms with Crippen LogP contribution in [0.4, 0.5) is 10.1 Å². The number of alkyl halides is 1. The highest BCUT2D eigenvalue weighted by Crippen LogP contribution is 2.34. The van der Waals surface area contributed by atoms with Crippen molar-refractivity contribution in [2.45, 2.75) is 31.1 Å². The van der Waals surface area contributed by atoms with Crippen LogP contribution in [0.1, 0.15) is 52.8 Å². The quantitative estimate of drug-likeness (QED) is 0.591. The summed E-state index contributed by atoms with van der Waals surface area (Å²) >= 11 is 0. The number of likely N-dealkylation sites (tertiary alicyclic amines) is 1. The zero-order valence-corrected chi connectivity index (χ0v) is 17.7. The molecule has 1 unspecified atom stereocenters. The van der Waals surface area contributed by atoms with Crippen molar-refractivity contribution >= 4 is 22.8 Å². The molecular formula is C23H26FN5O3. The number of amides is 1. The normalized spacial score (nSPS) is 19.5. The van der Waals surface area contributed by atoms with E-state index in [1.807, 2.05) is 11.1 Å². The van der Waals surface area contributed by atoms with E-state index in [-0.39, 0.29) is 5.91 Å². The number of nitrogens with two attached hydrogens (primary N) is 1. The lowest BCUT2D eigenvalue weighted by molar-refractivity contribution is 0.0714. The number of hydrogen-bond acceptors (Lipinski definition) is 6. The summed E-state index contributed by atoms with van der Waals surface area (Å²) in [6.45, 7) is 1.79. The van der Waals surface area contributed by atoms with Gasteiger partial charge in [0.15, 0.2) is 5.65 Å². The molecule has 1 atom stereocenters. The third-order valence-corrected chi connectivity index (χ3v) is 6.46. The van der Waals surface area contributed by atoms with E-state index in [1.54, 1.807) is 12.1 Å². The Morgan fingerprint density at radius 2 is 2.09 bits per heavy atom. The first-order chi connectivity index (χ1) is 15.6. The highest BCUT2D eigenvalue weighted by Gasteiger charge is 2.28. The Bertz CT molecular complexity index is 1120. The summed E-state index contributed by atoms with van der Waals surface area (Å²) in [5.41, 5.74) is 9.66. The minimum absolute atomic E-state index is 0.113. The molecule has 0 aliphatic carbocycles. The number of nitrogens with zero attached hydrogens (tertiary/aromatic N) is 3. The van der Waals surface area contributed by atoms with E-state index in [4.69, 9.17) is 20.2 Å². The van der Waals surface area contributed by atoms with Crippen molar-refractivity contribution in [3.8, 4) is 5.75 Å². The van der Waals surface area contributed by atoms with E-state index in [2.05, 4.69) is 16.0 Å². The number of benzene rings is 1. The summed E-state index contributed by atoms with van der Waals surface area (Å²) in [4.78, 5) is 27.5. The lowest BCUT2D eigenvalue weighted by atomic mass is 9.89. The molecule has 2 aliphatic heterocycles. The number of anilines is 1. The van der Waals surface area contributed by atoms with E-state index in [9.17, 15) is 9.18 Å². The number of ether oxygens (including phenoxy) is 2. The predicted molar refractivity (Wildman–Crippen MR) is 117 cm³/mol. The van der Waals surface area contributed by atoms with Crippen LogP contribution in [0.15, 0.2) is 30.5 Å². The number of carbonyl (C=O) groups excluding carboxylic acids is 1. The van der Waals surface area contributed by atoms with Gasteiger partial charge in [-0.3, -0.25) is 4.79 Å². The molecule has 2 aliphatic rings. The summed E-state index contributed by atoms with van der Waals surface area (Å²) in [6, 6.07) is 6.70. The van der Waals surface area contributed by atoms with E-state index < -0.39 is 6.86 Å². The summed E-state index contributed by atoms with van der Waals surface area (Å²) in [7, 11) is 0. The van der Waals surface area contributed by atoms with Gasteiger partial charge in [-0.15, -0.1) is 0 Å². The molecule has 2 aromatic heterocycles. The maximum absolute atomic E-state index is 13.0. The second kappa shape index (κ2) is 8.74. The number of pyridine rings is 1. The molecule has 5 rings (SSSR count). The van der Waals surface area contributed by atoms with Crippen LogP contribution in [0.5, 0.6) is 5.75 Å². The molecule has 4 heterocycles. The molecule has 2 fully saturated rings. The van der Waals surface area contributed by atoms with Crippen molar-refractivity contribution in [2.75, 3.05) is 38.9 Å². The summed E-state index contributed by atoms with van der Waals surface area (Å²) < 4.78 is 22.7. The molecule has 9 heteroatoms. The van der Waals surface area contributed by atoms with Gasteiger partial charge in [-0.05, 0) is 48.9 Å². The van der Waals surface area contributed by atoms with Gasteiger partial charge in [0.2, 0.25) is 6.86 Å². The topological polar surface area (TPSA) is 106 Å². The van der Waals surface area contributed by atoms with Crippen molar-refractivity contribution in [3.05, 3.63) is 47.4 Å². The van der Waals surface area contributed by atoms with Gasteiger partial charge in [0, 0.05) is 43.6 Å². The van der Waals surface area contributed by atoms with Gasteiger partial charge in [0.25, 0.3) is 5.91 Å². The van der Waals surface area contributed by atoms with E-state index in [1.165, 1.54) is 11.6 Å². The van der Waals surface area contributed by atoms with Gasteiger partial charge >= 0.3 is 0 Å². The number of hydrogen-bond donors (Lipinski definition) is 2. The summed E-state index contributed by atoms with van der Waals surface area (Å²) in [5, 5.41) is 0. The zero-order chi connectivity index (χ0) is 22.1. The number of piperidine rings is 1. The van der Waals surface area contributed by atoms with Crippen LogP contribution in [0.25, 0.3) is 11.2 Å². The summed E-state index contributed by atoms with van der Waals surface area (Å²) in [6.07, 6.45) is 4.47. The van der Waals surface area contributed by atoms with E-state index >= 15 is 0 Å². The minimum atomic E-state index is -0.936. The monoisotopic (exact) mass is 439 g/mol.